The third kappa shape index (κ3) is 9.34. The molecule has 0 unspecified atom stereocenters. The van der Waals surface area contributed by atoms with E-state index >= 15 is 0 Å². The molecule has 0 bridgehead atoms. The molecule has 0 aromatic heterocycles. The number of hydrogen-bond donors (Lipinski definition) is 0. The van der Waals surface area contributed by atoms with E-state index in [1.807, 2.05) is 6.92 Å². The fraction of sp³-hybridized carbons (Fsp3) is 0.900. The zero-order valence-corrected chi connectivity index (χ0v) is 9.01. The smallest absolute Gasteiger partial charge is 0.305 e. The maximum Gasteiger partial charge on any atom is 0.305 e. The van der Waals surface area contributed by atoms with Crippen LogP contribution in [0.3, 0.4) is 0 Å². The van der Waals surface area contributed by atoms with Gasteiger partial charge in [0.05, 0.1) is 6.61 Å². The van der Waals surface area contributed by atoms with E-state index in [0.717, 1.165) is 25.8 Å². The van der Waals surface area contributed by atoms with Crippen LogP contribution in [0, 0.1) is 0 Å². The summed E-state index contributed by atoms with van der Waals surface area (Å²) in [6.07, 6.45) is 3.79. The first kappa shape index (κ1) is 12.4. The highest BCUT2D eigenvalue weighted by Crippen LogP contribution is 2.01. The van der Waals surface area contributed by atoms with Crippen LogP contribution in [0.5, 0.6) is 0 Å². The zero-order chi connectivity index (χ0) is 10.1. The molecule has 0 aliphatic heterocycles. The summed E-state index contributed by atoms with van der Waals surface area (Å²) in [7, 11) is 4.12. The van der Waals surface area contributed by atoms with Gasteiger partial charge in [-0.15, -0.1) is 0 Å². The van der Waals surface area contributed by atoms with Gasteiger partial charge in [0.1, 0.15) is 0 Å². The molecule has 3 nitrogen and oxygen atoms in total. The fourth-order valence-electron chi connectivity index (χ4n) is 1.11. The maximum absolute atomic E-state index is 10.9. The Labute approximate surface area is 81.1 Å². The van der Waals surface area contributed by atoms with Gasteiger partial charge in [-0.2, -0.15) is 0 Å². The van der Waals surface area contributed by atoms with Crippen LogP contribution in [0.1, 0.15) is 32.6 Å². The van der Waals surface area contributed by atoms with Crippen molar-refractivity contribution in [2.45, 2.75) is 32.6 Å². The molecule has 0 saturated heterocycles. The Balaban J connectivity index is 3.11. The average molecular weight is 187 g/mol. The lowest BCUT2D eigenvalue weighted by Crippen LogP contribution is -2.12. The molecule has 0 saturated carbocycles. The van der Waals surface area contributed by atoms with E-state index in [1.165, 1.54) is 0 Å². The number of carbonyl (C=O) groups is 1. The minimum absolute atomic E-state index is 0.0626. The van der Waals surface area contributed by atoms with E-state index in [-0.39, 0.29) is 5.97 Å². The quantitative estimate of drug-likeness (QED) is 0.448. The van der Waals surface area contributed by atoms with Gasteiger partial charge in [-0.1, -0.05) is 6.42 Å². The molecule has 0 aliphatic carbocycles. The van der Waals surface area contributed by atoms with E-state index in [4.69, 9.17) is 4.74 Å². The van der Waals surface area contributed by atoms with Crippen molar-refractivity contribution in [3.63, 3.8) is 0 Å². The van der Waals surface area contributed by atoms with Gasteiger partial charge in [-0.05, 0) is 40.4 Å². The van der Waals surface area contributed by atoms with Crippen LogP contribution in [-0.4, -0.2) is 38.1 Å². The highest BCUT2D eigenvalue weighted by atomic mass is 16.5. The monoisotopic (exact) mass is 187 g/mol. The first-order valence-electron chi connectivity index (χ1n) is 4.97. The van der Waals surface area contributed by atoms with Crippen molar-refractivity contribution in [3.8, 4) is 0 Å². The minimum atomic E-state index is -0.0626. The second kappa shape index (κ2) is 8.05. The van der Waals surface area contributed by atoms with Crippen LogP contribution < -0.4 is 0 Å². The molecule has 78 valence electrons. The normalized spacial score (nSPS) is 10.5. The minimum Gasteiger partial charge on any atom is -0.466 e. The lowest BCUT2D eigenvalue weighted by atomic mass is 10.2. The van der Waals surface area contributed by atoms with Crippen molar-refractivity contribution in [2.75, 3.05) is 27.2 Å². The van der Waals surface area contributed by atoms with Crippen molar-refractivity contribution in [1.82, 2.24) is 4.90 Å². The van der Waals surface area contributed by atoms with Gasteiger partial charge in [-0.25, -0.2) is 0 Å². The van der Waals surface area contributed by atoms with Crippen LogP contribution in [-0.2, 0) is 9.53 Å². The van der Waals surface area contributed by atoms with Crippen LogP contribution >= 0.6 is 0 Å². The highest BCUT2D eigenvalue weighted by Gasteiger charge is 2.00. The van der Waals surface area contributed by atoms with Crippen LogP contribution in [0.4, 0.5) is 0 Å². The summed E-state index contributed by atoms with van der Waals surface area (Å²) < 4.78 is 4.82. The summed E-state index contributed by atoms with van der Waals surface area (Å²) in [6, 6.07) is 0. The van der Waals surface area contributed by atoms with E-state index in [0.29, 0.717) is 13.0 Å². The maximum atomic E-state index is 10.9. The van der Waals surface area contributed by atoms with Crippen molar-refractivity contribution < 1.29 is 9.53 Å². The van der Waals surface area contributed by atoms with Crippen molar-refractivity contribution in [1.29, 1.82) is 0 Å². The summed E-state index contributed by atoms with van der Waals surface area (Å²) >= 11 is 0. The lowest BCUT2D eigenvalue weighted by Gasteiger charge is -2.08. The molecule has 0 fully saturated rings. The molecule has 13 heavy (non-hydrogen) atoms. The molecule has 0 atom stereocenters. The largest absolute Gasteiger partial charge is 0.466 e. The molecule has 0 N–H and O–H groups in total. The second-order valence-electron chi connectivity index (χ2n) is 3.42. The van der Waals surface area contributed by atoms with Gasteiger partial charge in [0.2, 0.25) is 0 Å². The second-order valence-corrected chi connectivity index (χ2v) is 3.42. The van der Waals surface area contributed by atoms with E-state index in [1.54, 1.807) is 0 Å². The Morgan fingerprint density at radius 2 is 1.92 bits per heavy atom. The van der Waals surface area contributed by atoms with Gasteiger partial charge in [-0.3, -0.25) is 4.79 Å². The van der Waals surface area contributed by atoms with Gasteiger partial charge in [0.25, 0.3) is 0 Å². The molecule has 0 spiro atoms. The Bertz CT molecular complexity index is 135. The van der Waals surface area contributed by atoms with Gasteiger partial charge in [0.15, 0.2) is 0 Å². The predicted molar refractivity (Wildman–Crippen MR) is 53.7 cm³/mol. The predicted octanol–water partition coefficient (Wildman–Crippen LogP) is 1.67. The Kier molecular flexibility index (Phi) is 7.69. The summed E-state index contributed by atoms with van der Waals surface area (Å²) in [5.74, 6) is -0.0626. The first-order chi connectivity index (χ1) is 6.16. The third-order valence-electron chi connectivity index (χ3n) is 1.79. The first-order valence-corrected chi connectivity index (χ1v) is 4.97. The van der Waals surface area contributed by atoms with Crippen molar-refractivity contribution in [2.24, 2.45) is 0 Å². The number of nitrogens with zero attached hydrogens (tertiary/aromatic N) is 1. The molecule has 0 heterocycles. The molecule has 0 radical (unpaired) electrons. The number of rotatable bonds is 7. The Hall–Kier alpha value is -0.570. The van der Waals surface area contributed by atoms with Crippen LogP contribution in [0.15, 0.2) is 0 Å². The summed E-state index contributed by atoms with van der Waals surface area (Å²) in [4.78, 5) is 13.1. The SMILES string of the molecule is CCOC(=O)CCCCCN(C)C. The summed E-state index contributed by atoms with van der Waals surface area (Å²) in [5, 5.41) is 0. The molecule has 0 aliphatic rings. The van der Waals surface area contributed by atoms with Gasteiger partial charge in [0, 0.05) is 6.42 Å². The molecule has 0 aromatic rings. The molecule has 3 heteroatoms. The third-order valence-corrected chi connectivity index (χ3v) is 1.79. The number of ether oxygens (including phenoxy) is 1. The topological polar surface area (TPSA) is 29.5 Å². The fourth-order valence-corrected chi connectivity index (χ4v) is 1.11. The number of hydrogen-bond acceptors (Lipinski definition) is 3. The van der Waals surface area contributed by atoms with E-state index in [9.17, 15) is 4.79 Å². The highest BCUT2D eigenvalue weighted by molar-refractivity contribution is 5.69. The number of esters is 1. The Morgan fingerprint density at radius 3 is 2.46 bits per heavy atom. The van der Waals surface area contributed by atoms with Gasteiger partial charge >= 0.3 is 5.97 Å². The number of unbranched alkanes of at least 4 members (excludes halogenated alkanes) is 2. The lowest BCUT2D eigenvalue weighted by molar-refractivity contribution is -0.143. The summed E-state index contributed by atoms with van der Waals surface area (Å²) in [5.41, 5.74) is 0. The van der Waals surface area contributed by atoms with Crippen molar-refractivity contribution >= 4 is 5.97 Å². The Morgan fingerprint density at radius 1 is 1.23 bits per heavy atom. The molecular weight excluding hydrogens is 166 g/mol. The van der Waals surface area contributed by atoms with E-state index in [2.05, 4.69) is 19.0 Å². The number of carbonyl (C=O) groups excluding carboxylic acids is 1. The standard InChI is InChI=1S/C10H21NO2/c1-4-13-10(12)8-6-5-7-9-11(2)3/h4-9H2,1-3H3. The van der Waals surface area contributed by atoms with Gasteiger partial charge < -0.3 is 9.64 Å². The average Bonchev–Trinajstić information content (AvgIpc) is 2.03. The van der Waals surface area contributed by atoms with Crippen LogP contribution in [0.2, 0.25) is 0 Å². The van der Waals surface area contributed by atoms with Crippen LogP contribution in [0.25, 0.3) is 0 Å². The molecule has 0 aromatic carbocycles. The van der Waals surface area contributed by atoms with E-state index < -0.39 is 0 Å². The zero-order valence-electron chi connectivity index (χ0n) is 9.01. The van der Waals surface area contributed by atoms with Crippen molar-refractivity contribution in [3.05, 3.63) is 0 Å². The molecule has 0 amide bonds. The molecule has 0 rings (SSSR count). The molecular formula is C10H21NO2. The summed E-state index contributed by atoms with van der Waals surface area (Å²) in [6.45, 7) is 3.43.